The smallest absolute Gasteiger partial charge is 0.246 e. The van der Waals surface area contributed by atoms with E-state index in [1.54, 1.807) is 11.3 Å². The van der Waals surface area contributed by atoms with Crippen LogP contribution in [-0.2, 0) is 49.3 Å². The van der Waals surface area contributed by atoms with E-state index in [4.69, 9.17) is 28.4 Å². The van der Waals surface area contributed by atoms with E-state index < -0.39 is 35.4 Å². The Hall–Kier alpha value is -3.02. The van der Waals surface area contributed by atoms with Gasteiger partial charge >= 0.3 is 0 Å². The number of aryl methyl sites for hydroxylation is 1. The van der Waals surface area contributed by atoms with Gasteiger partial charge in [-0.2, -0.15) is 0 Å². The highest BCUT2D eigenvalue weighted by atomic mass is 32.1. The van der Waals surface area contributed by atoms with Crippen LogP contribution in [0.3, 0.4) is 0 Å². The van der Waals surface area contributed by atoms with Crippen molar-refractivity contribution in [1.29, 1.82) is 0 Å². The first kappa shape index (κ1) is 42.4. The van der Waals surface area contributed by atoms with Crippen LogP contribution < -0.4 is 10.6 Å². The summed E-state index contributed by atoms with van der Waals surface area (Å²) in [5.41, 5.74) is 4.06. The fourth-order valence-corrected chi connectivity index (χ4v) is 6.10. The number of likely N-dealkylation sites (tertiary alicyclic amines) is 1. The summed E-state index contributed by atoms with van der Waals surface area (Å²) >= 11 is 1.57. The number of hydrogen-bond donors (Lipinski definition) is 3. The maximum absolute atomic E-state index is 13.8. The SMILES string of the molecule is CCOCCOCCOCCOCCOCCOCC(=O)N[C@H](C(=O)N1C[C@H](O)C[C@H]1C(=O)NCc1ccc(-c2scnc2C)cc1)C(C)(C)C. The third-order valence-corrected chi connectivity index (χ3v) is 8.99. The Kier molecular flexibility index (Phi) is 19.0. The minimum Gasteiger partial charge on any atom is -0.391 e. The summed E-state index contributed by atoms with van der Waals surface area (Å²) in [5, 5.41) is 16.2. The van der Waals surface area contributed by atoms with Gasteiger partial charge in [0.25, 0.3) is 0 Å². The van der Waals surface area contributed by atoms with Crippen LogP contribution in [0.25, 0.3) is 10.4 Å². The van der Waals surface area contributed by atoms with Crippen LogP contribution >= 0.6 is 11.3 Å². The zero-order valence-corrected chi connectivity index (χ0v) is 31.5. The zero-order chi connectivity index (χ0) is 37.1. The second-order valence-electron chi connectivity index (χ2n) is 13.1. The van der Waals surface area contributed by atoms with Crippen molar-refractivity contribution >= 4 is 29.1 Å². The van der Waals surface area contributed by atoms with Gasteiger partial charge in [-0.05, 0) is 30.4 Å². The molecular weight excluding hydrogens is 680 g/mol. The summed E-state index contributed by atoms with van der Waals surface area (Å²) in [4.78, 5) is 46.7. The van der Waals surface area contributed by atoms with E-state index in [1.165, 1.54) is 4.90 Å². The van der Waals surface area contributed by atoms with Crippen molar-refractivity contribution in [2.75, 3.05) is 85.8 Å². The van der Waals surface area contributed by atoms with Gasteiger partial charge in [-0.1, -0.05) is 45.0 Å². The number of hydrogen-bond acceptors (Lipinski definition) is 12. The Labute approximate surface area is 305 Å². The first-order chi connectivity index (χ1) is 24.5. The zero-order valence-electron chi connectivity index (χ0n) is 30.6. The molecule has 286 valence electrons. The summed E-state index contributed by atoms with van der Waals surface area (Å²) in [5.74, 6) is -1.27. The number of nitrogens with one attached hydrogen (secondary N) is 2. The molecule has 1 aromatic carbocycles. The maximum Gasteiger partial charge on any atom is 0.246 e. The van der Waals surface area contributed by atoms with Crippen LogP contribution in [0.2, 0.25) is 0 Å². The molecule has 1 saturated heterocycles. The molecule has 1 aliphatic heterocycles. The normalized spacial score (nSPS) is 16.7. The lowest BCUT2D eigenvalue weighted by Gasteiger charge is -2.35. The number of amides is 3. The van der Waals surface area contributed by atoms with E-state index in [1.807, 2.05) is 64.4 Å². The van der Waals surface area contributed by atoms with E-state index in [0.29, 0.717) is 59.5 Å². The third kappa shape index (κ3) is 15.2. The van der Waals surface area contributed by atoms with E-state index >= 15 is 0 Å². The standard InChI is InChI=1S/C36H56N4O10S/c1-6-45-11-12-46-13-14-47-15-16-48-17-18-49-19-20-50-24-31(42)39-33(36(3,4)5)35(44)40-23-29(41)21-30(40)34(43)37-22-27-7-9-28(10-8-27)32-26(2)38-25-51-32/h7-10,25,29-30,33,41H,6,11-24H2,1-5H3,(H,37,43)(H,39,42)/t29-,30+,33-/m1/s1. The van der Waals surface area contributed by atoms with Crippen LogP contribution in [0.4, 0.5) is 0 Å². The molecule has 0 saturated carbocycles. The molecule has 1 aliphatic rings. The number of aliphatic hydroxyl groups is 1. The second-order valence-corrected chi connectivity index (χ2v) is 14.0. The number of benzene rings is 1. The molecule has 2 aromatic rings. The number of β-amino-alcohol motifs (C(OH)–C–C–N with tert-alkyl or cyclic N) is 1. The van der Waals surface area contributed by atoms with Crippen LogP contribution in [0.1, 0.15) is 45.4 Å². The molecule has 3 amide bonds. The highest BCUT2D eigenvalue weighted by Crippen LogP contribution is 2.28. The molecule has 14 nitrogen and oxygen atoms in total. The van der Waals surface area contributed by atoms with Gasteiger partial charge in [-0.3, -0.25) is 14.4 Å². The molecule has 0 unspecified atom stereocenters. The Morgan fingerprint density at radius 3 is 1.96 bits per heavy atom. The van der Waals surface area contributed by atoms with Gasteiger partial charge in [0.05, 0.1) is 88.3 Å². The van der Waals surface area contributed by atoms with Gasteiger partial charge in [0, 0.05) is 26.1 Å². The Bertz CT molecular complexity index is 1320. The lowest BCUT2D eigenvalue weighted by Crippen LogP contribution is -2.58. The lowest BCUT2D eigenvalue weighted by atomic mass is 9.85. The Morgan fingerprint density at radius 1 is 0.902 bits per heavy atom. The number of rotatable bonds is 24. The topological polar surface area (TPSA) is 167 Å². The van der Waals surface area contributed by atoms with Crippen LogP contribution in [0.5, 0.6) is 0 Å². The van der Waals surface area contributed by atoms with E-state index in [-0.39, 0.29) is 45.2 Å². The number of carbonyl (C=O) groups excluding carboxylic acids is 3. The first-order valence-corrected chi connectivity index (χ1v) is 18.4. The minimum atomic E-state index is -0.942. The van der Waals surface area contributed by atoms with Crippen molar-refractivity contribution in [3.05, 3.63) is 41.0 Å². The summed E-state index contributed by atoms with van der Waals surface area (Å²) < 4.78 is 32.4. The van der Waals surface area contributed by atoms with Crippen molar-refractivity contribution in [3.8, 4) is 10.4 Å². The summed E-state index contributed by atoms with van der Waals surface area (Å²) in [6.07, 6.45) is -0.745. The maximum atomic E-state index is 13.8. The number of aliphatic hydroxyl groups excluding tert-OH is 1. The fraction of sp³-hybridized carbons (Fsp3) is 0.667. The molecule has 1 aromatic heterocycles. The van der Waals surface area contributed by atoms with Crippen LogP contribution in [0, 0.1) is 12.3 Å². The van der Waals surface area contributed by atoms with E-state index in [0.717, 1.165) is 21.7 Å². The molecule has 0 spiro atoms. The third-order valence-electron chi connectivity index (χ3n) is 8.01. The van der Waals surface area contributed by atoms with Gasteiger partial charge in [0.1, 0.15) is 18.7 Å². The minimum absolute atomic E-state index is 0.00279. The van der Waals surface area contributed by atoms with Crippen molar-refractivity contribution in [2.45, 2.75) is 65.8 Å². The van der Waals surface area contributed by atoms with Crippen molar-refractivity contribution in [2.24, 2.45) is 5.41 Å². The molecule has 3 rings (SSSR count). The Balaban J connectivity index is 1.34. The lowest BCUT2D eigenvalue weighted by molar-refractivity contribution is -0.144. The molecule has 0 radical (unpaired) electrons. The molecule has 3 N–H and O–H groups in total. The molecule has 1 fully saturated rings. The molecule has 51 heavy (non-hydrogen) atoms. The van der Waals surface area contributed by atoms with Gasteiger partial charge < -0.3 is 49.1 Å². The average Bonchev–Trinajstić information content (AvgIpc) is 3.72. The fourth-order valence-electron chi connectivity index (χ4n) is 5.29. The van der Waals surface area contributed by atoms with Crippen LogP contribution in [-0.4, -0.2) is 137 Å². The number of nitrogens with zero attached hydrogens (tertiary/aromatic N) is 2. The summed E-state index contributed by atoms with van der Waals surface area (Å²) in [6.45, 7) is 14.3. The molecule has 3 atom stereocenters. The highest BCUT2D eigenvalue weighted by molar-refractivity contribution is 7.13. The molecule has 15 heteroatoms. The number of thiazole rings is 1. The van der Waals surface area contributed by atoms with E-state index in [2.05, 4.69) is 15.6 Å². The Morgan fingerprint density at radius 2 is 1.45 bits per heavy atom. The highest BCUT2D eigenvalue weighted by Gasteiger charge is 2.44. The number of carbonyl (C=O) groups is 3. The average molecular weight is 737 g/mol. The molecule has 2 heterocycles. The monoisotopic (exact) mass is 736 g/mol. The quantitative estimate of drug-likeness (QED) is 0.136. The predicted molar refractivity (Wildman–Crippen MR) is 192 cm³/mol. The van der Waals surface area contributed by atoms with Gasteiger partial charge in [0.2, 0.25) is 17.7 Å². The van der Waals surface area contributed by atoms with Gasteiger partial charge in [-0.15, -0.1) is 11.3 Å². The largest absolute Gasteiger partial charge is 0.391 e. The number of ether oxygens (including phenoxy) is 6. The van der Waals surface area contributed by atoms with E-state index in [9.17, 15) is 19.5 Å². The van der Waals surface area contributed by atoms with Gasteiger partial charge in [-0.25, -0.2) is 4.98 Å². The molecular formula is C36H56N4O10S. The number of aromatic nitrogens is 1. The van der Waals surface area contributed by atoms with Crippen molar-refractivity contribution in [3.63, 3.8) is 0 Å². The molecule has 0 aliphatic carbocycles. The van der Waals surface area contributed by atoms with Crippen molar-refractivity contribution < 1.29 is 47.9 Å². The predicted octanol–water partition coefficient (Wildman–Crippen LogP) is 2.35. The van der Waals surface area contributed by atoms with Crippen LogP contribution in [0.15, 0.2) is 29.8 Å². The summed E-state index contributed by atoms with van der Waals surface area (Å²) in [6, 6.07) is 6.06. The van der Waals surface area contributed by atoms with Gasteiger partial charge in [0.15, 0.2) is 0 Å². The van der Waals surface area contributed by atoms with Crippen molar-refractivity contribution in [1.82, 2.24) is 20.5 Å². The first-order valence-electron chi connectivity index (χ1n) is 17.5. The second kappa shape index (κ2) is 22.8. The summed E-state index contributed by atoms with van der Waals surface area (Å²) in [7, 11) is 0. The molecule has 0 bridgehead atoms.